The molecule has 7 heteroatoms. The molecule has 6 nitrogen and oxygen atoms in total. The molecule has 0 heterocycles. The Morgan fingerprint density at radius 1 is 1.22 bits per heavy atom. The predicted octanol–water partition coefficient (Wildman–Crippen LogP) is 1.88. The van der Waals surface area contributed by atoms with Crippen LogP contribution in [-0.2, 0) is 21.2 Å². The van der Waals surface area contributed by atoms with E-state index >= 15 is 0 Å². The van der Waals surface area contributed by atoms with Crippen molar-refractivity contribution in [2.75, 3.05) is 18.1 Å². The number of sulfone groups is 1. The SMILES string of the molecule is CC(C)(CCS(=O)(=O)CCCO)NC(=O)OCc1ccccc1. The number of hydrogen-bond acceptors (Lipinski definition) is 5. The van der Waals surface area contributed by atoms with Crippen LogP contribution < -0.4 is 5.32 Å². The number of ether oxygens (including phenoxy) is 1. The highest BCUT2D eigenvalue weighted by atomic mass is 32.2. The minimum Gasteiger partial charge on any atom is -0.445 e. The van der Waals surface area contributed by atoms with E-state index < -0.39 is 21.5 Å². The Hall–Kier alpha value is -1.60. The maximum Gasteiger partial charge on any atom is 0.407 e. The van der Waals surface area contributed by atoms with Crippen LogP contribution in [0.5, 0.6) is 0 Å². The molecule has 0 aliphatic rings. The number of alkyl carbamates (subject to hydrolysis) is 1. The van der Waals surface area contributed by atoms with Gasteiger partial charge in [-0.15, -0.1) is 0 Å². The highest BCUT2D eigenvalue weighted by Crippen LogP contribution is 2.12. The van der Waals surface area contributed by atoms with E-state index in [9.17, 15) is 13.2 Å². The number of nitrogens with one attached hydrogen (secondary N) is 1. The van der Waals surface area contributed by atoms with Gasteiger partial charge in [-0.1, -0.05) is 30.3 Å². The molecule has 0 spiro atoms. The fourth-order valence-corrected chi connectivity index (χ4v) is 3.49. The van der Waals surface area contributed by atoms with Crippen molar-refractivity contribution in [2.24, 2.45) is 0 Å². The zero-order valence-electron chi connectivity index (χ0n) is 13.6. The largest absolute Gasteiger partial charge is 0.445 e. The molecule has 1 rings (SSSR count). The summed E-state index contributed by atoms with van der Waals surface area (Å²) in [5, 5.41) is 11.4. The lowest BCUT2D eigenvalue weighted by Crippen LogP contribution is -2.44. The number of aliphatic hydroxyl groups is 1. The molecule has 2 N–H and O–H groups in total. The molecule has 0 radical (unpaired) electrons. The van der Waals surface area contributed by atoms with Gasteiger partial charge in [-0.3, -0.25) is 0 Å². The second-order valence-corrected chi connectivity index (χ2v) is 8.35. The van der Waals surface area contributed by atoms with Crippen LogP contribution in [0, 0.1) is 0 Å². The first-order valence-electron chi connectivity index (χ1n) is 7.54. The maximum atomic E-state index is 11.8. The van der Waals surface area contributed by atoms with Gasteiger partial charge in [-0.2, -0.15) is 0 Å². The Morgan fingerprint density at radius 2 is 1.87 bits per heavy atom. The maximum absolute atomic E-state index is 11.8. The van der Waals surface area contributed by atoms with E-state index in [2.05, 4.69) is 5.32 Å². The van der Waals surface area contributed by atoms with Crippen molar-refractivity contribution in [3.05, 3.63) is 35.9 Å². The smallest absolute Gasteiger partial charge is 0.407 e. The molecule has 0 saturated carbocycles. The van der Waals surface area contributed by atoms with E-state index in [1.54, 1.807) is 13.8 Å². The van der Waals surface area contributed by atoms with Gasteiger partial charge in [0.25, 0.3) is 0 Å². The minimum atomic E-state index is -3.22. The van der Waals surface area contributed by atoms with Crippen molar-refractivity contribution >= 4 is 15.9 Å². The van der Waals surface area contributed by atoms with Gasteiger partial charge in [0, 0.05) is 12.1 Å². The number of benzene rings is 1. The van der Waals surface area contributed by atoms with Crippen molar-refractivity contribution in [3.8, 4) is 0 Å². The van der Waals surface area contributed by atoms with Crippen LogP contribution in [0.3, 0.4) is 0 Å². The van der Waals surface area contributed by atoms with Crippen molar-refractivity contribution in [2.45, 2.75) is 38.8 Å². The van der Waals surface area contributed by atoms with Crippen LogP contribution in [-0.4, -0.2) is 43.3 Å². The summed E-state index contributed by atoms with van der Waals surface area (Å²) < 4.78 is 28.7. The van der Waals surface area contributed by atoms with Gasteiger partial charge < -0.3 is 15.2 Å². The van der Waals surface area contributed by atoms with E-state index in [0.717, 1.165) is 5.56 Å². The molecular formula is C16H25NO5S. The fraction of sp³-hybridized carbons (Fsp3) is 0.562. The summed E-state index contributed by atoms with van der Waals surface area (Å²) in [5.74, 6) is -0.0863. The summed E-state index contributed by atoms with van der Waals surface area (Å²) in [5.41, 5.74) is 0.187. The molecule has 0 unspecified atom stereocenters. The third kappa shape index (κ3) is 8.56. The number of amides is 1. The molecule has 0 aromatic heterocycles. The average Bonchev–Trinajstić information content (AvgIpc) is 2.50. The Bertz CT molecular complexity index is 584. The molecule has 0 saturated heterocycles. The van der Waals surface area contributed by atoms with Crippen LogP contribution in [0.2, 0.25) is 0 Å². The molecule has 1 aromatic carbocycles. The van der Waals surface area contributed by atoms with Gasteiger partial charge >= 0.3 is 6.09 Å². The molecule has 0 bridgehead atoms. The monoisotopic (exact) mass is 343 g/mol. The van der Waals surface area contributed by atoms with E-state index in [1.807, 2.05) is 30.3 Å². The van der Waals surface area contributed by atoms with Gasteiger partial charge in [0.05, 0.1) is 11.5 Å². The number of rotatable bonds is 9. The summed E-state index contributed by atoms with van der Waals surface area (Å²) in [6.45, 7) is 3.51. The second-order valence-electron chi connectivity index (χ2n) is 6.05. The molecule has 1 aromatic rings. The summed E-state index contributed by atoms with van der Waals surface area (Å²) in [4.78, 5) is 11.8. The number of hydrogen-bond donors (Lipinski definition) is 2. The Kier molecular flexibility index (Phi) is 7.51. The van der Waals surface area contributed by atoms with Crippen LogP contribution in [0.1, 0.15) is 32.3 Å². The van der Waals surface area contributed by atoms with Crippen LogP contribution in [0.25, 0.3) is 0 Å². The number of aliphatic hydroxyl groups excluding tert-OH is 1. The molecular weight excluding hydrogens is 318 g/mol. The molecule has 0 aliphatic heterocycles. The van der Waals surface area contributed by atoms with Crippen molar-refractivity contribution < 1.29 is 23.1 Å². The highest BCUT2D eigenvalue weighted by Gasteiger charge is 2.24. The van der Waals surface area contributed by atoms with Crippen molar-refractivity contribution in [1.82, 2.24) is 5.32 Å². The van der Waals surface area contributed by atoms with Crippen molar-refractivity contribution in [3.63, 3.8) is 0 Å². The lowest BCUT2D eigenvalue weighted by molar-refractivity contribution is 0.129. The van der Waals surface area contributed by atoms with Gasteiger partial charge in [0.2, 0.25) is 0 Å². The number of carbonyl (C=O) groups excluding carboxylic acids is 1. The third-order valence-electron chi connectivity index (χ3n) is 3.30. The fourth-order valence-electron chi connectivity index (χ4n) is 1.90. The molecule has 130 valence electrons. The Morgan fingerprint density at radius 3 is 2.48 bits per heavy atom. The lowest BCUT2D eigenvalue weighted by atomic mass is 10.0. The third-order valence-corrected chi connectivity index (χ3v) is 5.04. The standard InChI is InChI=1S/C16H25NO5S/c1-16(2,9-12-23(20,21)11-6-10-18)17-15(19)22-13-14-7-4-3-5-8-14/h3-5,7-8,18H,6,9-13H2,1-2H3,(H,17,19). The van der Waals surface area contributed by atoms with Crippen LogP contribution >= 0.6 is 0 Å². The zero-order valence-corrected chi connectivity index (χ0v) is 14.4. The van der Waals surface area contributed by atoms with Gasteiger partial charge in [0.1, 0.15) is 16.4 Å². The summed E-state index contributed by atoms with van der Waals surface area (Å²) in [7, 11) is -3.22. The van der Waals surface area contributed by atoms with E-state index in [4.69, 9.17) is 9.84 Å². The Labute approximate surface area is 137 Å². The molecule has 1 amide bonds. The van der Waals surface area contributed by atoms with E-state index in [1.165, 1.54) is 0 Å². The van der Waals surface area contributed by atoms with Crippen molar-refractivity contribution in [1.29, 1.82) is 0 Å². The predicted molar refractivity (Wildman–Crippen MR) is 88.8 cm³/mol. The van der Waals surface area contributed by atoms with Gasteiger partial charge in [-0.25, -0.2) is 13.2 Å². The summed E-state index contributed by atoms with van der Waals surface area (Å²) in [6.07, 6.45) is -0.0668. The molecule has 0 atom stereocenters. The highest BCUT2D eigenvalue weighted by molar-refractivity contribution is 7.91. The zero-order chi connectivity index (χ0) is 17.3. The van der Waals surface area contributed by atoms with Crippen LogP contribution in [0.15, 0.2) is 30.3 Å². The topological polar surface area (TPSA) is 92.7 Å². The van der Waals surface area contributed by atoms with E-state index in [0.29, 0.717) is 0 Å². The lowest BCUT2D eigenvalue weighted by Gasteiger charge is -2.25. The number of carbonyl (C=O) groups is 1. The van der Waals surface area contributed by atoms with Crippen LogP contribution in [0.4, 0.5) is 4.79 Å². The first-order chi connectivity index (χ1) is 10.7. The minimum absolute atomic E-state index is 0.0427. The first-order valence-corrected chi connectivity index (χ1v) is 9.36. The van der Waals surface area contributed by atoms with Gasteiger partial charge in [0.15, 0.2) is 0 Å². The first kappa shape index (κ1) is 19.4. The van der Waals surface area contributed by atoms with E-state index in [-0.39, 0.29) is 37.6 Å². The molecule has 0 aliphatic carbocycles. The Balaban J connectivity index is 2.40. The molecule has 23 heavy (non-hydrogen) atoms. The normalized spacial score (nSPS) is 12.0. The van der Waals surface area contributed by atoms with Gasteiger partial charge in [-0.05, 0) is 32.3 Å². The second kappa shape index (κ2) is 8.88. The summed E-state index contributed by atoms with van der Waals surface area (Å²) in [6, 6.07) is 9.30. The average molecular weight is 343 g/mol. The quantitative estimate of drug-likeness (QED) is 0.714. The summed E-state index contributed by atoms with van der Waals surface area (Å²) >= 11 is 0. The molecule has 0 fully saturated rings.